The van der Waals surface area contributed by atoms with E-state index in [0.717, 1.165) is 0 Å². The van der Waals surface area contributed by atoms with E-state index in [4.69, 9.17) is 15.0 Å². The fourth-order valence-electron chi connectivity index (χ4n) is 0. The molecule has 0 aromatic rings. The normalized spacial score (nSPS) is 3.43. The van der Waals surface area contributed by atoms with Crippen molar-refractivity contribution in [2.24, 2.45) is 0 Å². The Morgan fingerprint density at radius 1 is 1.29 bits per heavy atom. The van der Waals surface area contributed by atoms with Crippen molar-refractivity contribution < 1.29 is 15.0 Å². The van der Waals surface area contributed by atoms with Gasteiger partial charge in [0, 0.05) is 0 Å². The van der Waals surface area contributed by atoms with Crippen LogP contribution in [0.5, 0.6) is 0 Å². The molecule has 0 spiro atoms. The Kier molecular flexibility index (Phi) is 51.8. The van der Waals surface area contributed by atoms with E-state index in [9.17, 15) is 0 Å². The van der Waals surface area contributed by atoms with Crippen molar-refractivity contribution in [1.29, 1.82) is 0 Å². The summed E-state index contributed by atoms with van der Waals surface area (Å²) in [5.41, 5.74) is 0. The van der Waals surface area contributed by atoms with Gasteiger partial charge in [-0.25, -0.2) is 4.79 Å². The van der Waals surface area contributed by atoms with Gasteiger partial charge in [0.2, 0.25) is 0 Å². The van der Waals surface area contributed by atoms with E-state index >= 15 is 0 Å². The summed E-state index contributed by atoms with van der Waals surface area (Å²) in [7, 11) is 0. The van der Waals surface area contributed by atoms with Crippen molar-refractivity contribution in [3.63, 3.8) is 0 Å². The minimum absolute atomic E-state index is 0. The topological polar surface area (TPSA) is 92.5 Å². The Balaban J connectivity index is -0.0000000150. The molecule has 0 atom stereocenters. The first-order valence-electron chi connectivity index (χ1n) is 0.651. The second kappa shape index (κ2) is 15.7. The molecule has 0 saturated carbocycles. The second-order valence-electron chi connectivity index (χ2n) is 0.283. The van der Waals surface area contributed by atoms with Crippen LogP contribution in [0.2, 0.25) is 0 Å². The summed E-state index contributed by atoms with van der Waals surface area (Å²) in [6, 6.07) is 0. The summed E-state index contributed by atoms with van der Waals surface area (Å²) in [5.74, 6) is 0. The first-order valence-corrected chi connectivity index (χ1v) is 0.651. The molecule has 0 fully saturated rings. The van der Waals surface area contributed by atoms with Crippen LogP contribution < -0.4 is 6.15 Å². The van der Waals surface area contributed by atoms with Crippen LogP contribution in [0.25, 0.3) is 0 Å². The molecule has 0 aromatic heterocycles. The van der Waals surface area contributed by atoms with Crippen LogP contribution >= 0.6 is 0 Å². The molecule has 6 heteroatoms. The van der Waals surface area contributed by atoms with Crippen molar-refractivity contribution in [3.05, 3.63) is 0 Å². The zero-order chi connectivity index (χ0) is 3.58. The SMILES string of the molecule is N.O=C(O)O.[KH].[NaH]. The van der Waals surface area contributed by atoms with E-state index in [1.54, 1.807) is 0 Å². The van der Waals surface area contributed by atoms with Crippen molar-refractivity contribution in [2.75, 3.05) is 0 Å². The summed E-state index contributed by atoms with van der Waals surface area (Å²) >= 11 is 0. The van der Waals surface area contributed by atoms with Crippen LogP contribution in [0.4, 0.5) is 4.79 Å². The molecule has 0 rings (SSSR count). The fraction of sp³-hybridized carbons (Fsp3) is 0. The Hall–Kier alpha value is 1.87. The Bertz CT molecular complexity index is 37.9. The molecule has 36 valence electrons. The average molecular weight is 143 g/mol. The molecular weight excluding hydrogens is 136 g/mol. The Morgan fingerprint density at radius 3 is 1.29 bits per heavy atom. The average Bonchev–Trinajstić information content (AvgIpc) is 0.811. The molecule has 0 radical (unpaired) electrons. The molecule has 0 amide bonds. The molecule has 0 aliphatic heterocycles. The van der Waals surface area contributed by atoms with E-state index in [-0.39, 0.29) is 87.1 Å². The Labute approximate surface area is 106 Å². The summed E-state index contributed by atoms with van der Waals surface area (Å²) in [6.07, 6.45) is -1.83. The predicted molar refractivity (Wildman–Crippen MR) is 30.0 cm³/mol. The molecule has 0 unspecified atom stereocenters. The third kappa shape index (κ3) is 77.7. The maximum absolute atomic E-state index is 8.56. The van der Waals surface area contributed by atoms with Gasteiger partial charge < -0.3 is 16.4 Å². The molecule has 4 nitrogen and oxygen atoms in total. The van der Waals surface area contributed by atoms with Crippen LogP contribution in [0.15, 0.2) is 0 Å². The summed E-state index contributed by atoms with van der Waals surface area (Å²) in [5, 5.41) is 13.9. The van der Waals surface area contributed by atoms with E-state index in [1.165, 1.54) is 0 Å². The van der Waals surface area contributed by atoms with E-state index in [1.807, 2.05) is 0 Å². The quantitative estimate of drug-likeness (QED) is 0.383. The van der Waals surface area contributed by atoms with Gasteiger partial charge in [0.1, 0.15) is 0 Å². The van der Waals surface area contributed by atoms with E-state index < -0.39 is 6.16 Å². The summed E-state index contributed by atoms with van der Waals surface area (Å²) in [6.45, 7) is 0. The first-order chi connectivity index (χ1) is 1.73. The van der Waals surface area contributed by atoms with Gasteiger partial charge in [-0.3, -0.25) is 0 Å². The van der Waals surface area contributed by atoms with Gasteiger partial charge in [-0.1, -0.05) is 0 Å². The van der Waals surface area contributed by atoms with Gasteiger partial charge in [-0.2, -0.15) is 0 Å². The van der Waals surface area contributed by atoms with Gasteiger partial charge in [0.15, 0.2) is 0 Å². The van der Waals surface area contributed by atoms with Crippen LogP contribution in [-0.2, 0) is 0 Å². The summed E-state index contributed by atoms with van der Waals surface area (Å²) in [4.78, 5) is 8.56. The molecule has 0 saturated heterocycles. The number of carboxylic acid groups (broad SMARTS) is 2. The third-order valence-corrected chi connectivity index (χ3v) is 0. The zero-order valence-electron chi connectivity index (χ0n) is 2.51. The molecule has 0 heterocycles. The molecule has 5 N–H and O–H groups in total. The van der Waals surface area contributed by atoms with E-state index in [2.05, 4.69) is 0 Å². The van der Waals surface area contributed by atoms with Gasteiger partial charge in [-0.05, 0) is 0 Å². The van der Waals surface area contributed by atoms with Crippen LogP contribution in [0.1, 0.15) is 0 Å². The molecule has 7 heavy (non-hydrogen) atoms. The number of hydrogen-bond acceptors (Lipinski definition) is 2. The zero-order valence-corrected chi connectivity index (χ0v) is 2.51. The van der Waals surface area contributed by atoms with Gasteiger partial charge in [-0.15, -0.1) is 0 Å². The third-order valence-electron chi connectivity index (χ3n) is 0. The molecule has 0 aliphatic carbocycles. The van der Waals surface area contributed by atoms with Gasteiger partial charge >= 0.3 is 87.1 Å². The Morgan fingerprint density at radius 2 is 1.29 bits per heavy atom. The van der Waals surface area contributed by atoms with Crippen molar-refractivity contribution in [2.45, 2.75) is 0 Å². The minimum atomic E-state index is -1.83. The first kappa shape index (κ1) is 23.2. The number of carbonyl (C=O) groups is 1. The standard InChI is InChI=1S/CH2O3.K.H3N.Na.2H/c2-1(3)4;;;;;/h(H2,2,3,4);;1H3;;;. The van der Waals surface area contributed by atoms with Crippen molar-refractivity contribution >= 4 is 87.1 Å². The van der Waals surface area contributed by atoms with Crippen LogP contribution in [0.3, 0.4) is 0 Å². The van der Waals surface area contributed by atoms with Gasteiger partial charge in [0.05, 0.1) is 0 Å². The molecule has 0 aromatic carbocycles. The number of rotatable bonds is 0. The van der Waals surface area contributed by atoms with Crippen molar-refractivity contribution in [3.8, 4) is 0 Å². The van der Waals surface area contributed by atoms with E-state index in [0.29, 0.717) is 0 Å². The number of hydrogen-bond donors (Lipinski definition) is 3. The monoisotopic (exact) mass is 143 g/mol. The molecule has 0 aliphatic rings. The molecular formula is CH7KNNaO3. The maximum atomic E-state index is 8.56. The molecule has 0 bridgehead atoms. The van der Waals surface area contributed by atoms with Crippen LogP contribution in [0, 0.1) is 0 Å². The van der Waals surface area contributed by atoms with Crippen molar-refractivity contribution in [1.82, 2.24) is 6.15 Å². The van der Waals surface area contributed by atoms with Crippen LogP contribution in [-0.4, -0.2) is 97.3 Å². The predicted octanol–water partition coefficient (Wildman–Crippen LogP) is -0.913. The fourth-order valence-corrected chi connectivity index (χ4v) is 0. The summed E-state index contributed by atoms with van der Waals surface area (Å²) < 4.78 is 0. The second-order valence-corrected chi connectivity index (χ2v) is 0.283. The van der Waals surface area contributed by atoms with Gasteiger partial charge in [0.25, 0.3) is 0 Å².